The number of oxime groups is 1. The molecular weight excluding hydrogens is 246 g/mol. The van der Waals surface area contributed by atoms with E-state index in [2.05, 4.69) is 23.7 Å². The molecule has 0 aliphatic rings. The molecule has 0 spiro atoms. The van der Waals surface area contributed by atoms with E-state index in [-0.39, 0.29) is 5.84 Å². The van der Waals surface area contributed by atoms with Gasteiger partial charge in [0, 0.05) is 18.2 Å². The third-order valence-corrected chi connectivity index (χ3v) is 3.38. The number of rotatable bonds is 7. The summed E-state index contributed by atoms with van der Waals surface area (Å²) in [6.45, 7) is 2.98. The van der Waals surface area contributed by atoms with Gasteiger partial charge in [-0.05, 0) is 37.0 Å². The lowest BCUT2D eigenvalue weighted by Crippen LogP contribution is -2.26. The Morgan fingerprint density at radius 3 is 3.00 bits per heavy atom. The second-order valence-corrected chi connectivity index (χ2v) is 5.23. The van der Waals surface area contributed by atoms with Gasteiger partial charge in [0.25, 0.3) is 0 Å². The van der Waals surface area contributed by atoms with Crippen molar-refractivity contribution in [3.63, 3.8) is 0 Å². The Bertz CT molecular complexity index is 396. The lowest BCUT2D eigenvalue weighted by atomic mass is 10.1. The van der Waals surface area contributed by atoms with Crippen molar-refractivity contribution >= 4 is 17.6 Å². The summed E-state index contributed by atoms with van der Waals surface area (Å²) in [5, 5.41) is 15.1. The third kappa shape index (κ3) is 4.98. The fourth-order valence-corrected chi connectivity index (χ4v) is 2.18. The molecule has 0 aliphatic carbocycles. The van der Waals surface area contributed by atoms with E-state index in [1.54, 1.807) is 0 Å². The zero-order valence-corrected chi connectivity index (χ0v) is 11.7. The van der Waals surface area contributed by atoms with Crippen molar-refractivity contribution in [2.45, 2.75) is 25.9 Å². The second kappa shape index (κ2) is 8.00. The summed E-state index contributed by atoms with van der Waals surface area (Å²) in [7, 11) is 0. The van der Waals surface area contributed by atoms with Crippen LogP contribution in [0, 0.1) is 0 Å². The Kier molecular flexibility index (Phi) is 6.60. The maximum Gasteiger partial charge on any atom is 0.170 e. The van der Waals surface area contributed by atoms with Crippen molar-refractivity contribution in [3.8, 4) is 0 Å². The van der Waals surface area contributed by atoms with Crippen LogP contribution >= 0.6 is 11.8 Å². The van der Waals surface area contributed by atoms with Crippen molar-refractivity contribution in [1.29, 1.82) is 0 Å². The summed E-state index contributed by atoms with van der Waals surface area (Å²) in [5.74, 6) is 1.31. The van der Waals surface area contributed by atoms with Gasteiger partial charge in [-0.3, -0.25) is 0 Å². The second-order valence-electron chi connectivity index (χ2n) is 4.25. The van der Waals surface area contributed by atoms with Crippen LogP contribution in [0.1, 0.15) is 24.5 Å². The quantitative estimate of drug-likeness (QED) is 0.306. The minimum absolute atomic E-state index is 0.146. The van der Waals surface area contributed by atoms with Crippen molar-refractivity contribution in [2.24, 2.45) is 10.9 Å². The predicted octanol–water partition coefficient (Wildman–Crippen LogP) is 2.01. The Balaban J connectivity index is 2.52. The van der Waals surface area contributed by atoms with Crippen LogP contribution in [-0.2, 0) is 6.54 Å². The molecule has 1 atom stereocenters. The van der Waals surface area contributed by atoms with E-state index in [0.717, 1.165) is 24.1 Å². The highest BCUT2D eigenvalue weighted by atomic mass is 32.2. The van der Waals surface area contributed by atoms with Crippen molar-refractivity contribution < 1.29 is 5.21 Å². The Labute approximate surface area is 113 Å². The standard InChI is InChI=1S/C13H21N3OS/c1-10(6-7-18-2)15-9-11-4-3-5-12(8-11)13(14)16-17/h3-5,8,10,15,17H,6-7,9H2,1-2H3,(H2,14,16). The number of nitrogens with two attached hydrogens (primary N) is 1. The van der Waals surface area contributed by atoms with E-state index in [4.69, 9.17) is 10.9 Å². The molecule has 0 aromatic heterocycles. The molecule has 5 heteroatoms. The molecule has 0 saturated heterocycles. The zero-order valence-electron chi connectivity index (χ0n) is 10.9. The SMILES string of the molecule is CSCCC(C)NCc1cccc(/C(N)=N/O)c1. The maximum absolute atomic E-state index is 8.64. The van der Waals surface area contributed by atoms with Gasteiger partial charge < -0.3 is 16.3 Å². The largest absolute Gasteiger partial charge is 0.409 e. The van der Waals surface area contributed by atoms with Crippen LogP contribution in [0.25, 0.3) is 0 Å². The highest BCUT2D eigenvalue weighted by molar-refractivity contribution is 7.98. The van der Waals surface area contributed by atoms with E-state index in [0.29, 0.717) is 6.04 Å². The number of nitrogens with one attached hydrogen (secondary N) is 1. The molecule has 0 radical (unpaired) electrons. The first-order valence-electron chi connectivity index (χ1n) is 5.96. The van der Waals surface area contributed by atoms with Gasteiger partial charge in [0.05, 0.1) is 0 Å². The Hall–Kier alpha value is -1.20. The smallest absolute Gasteiger partial charge is 0.170 e. The highest BCUT2D eigenvalue weighted by Gasteiger charge is 2.03. The first-order chi connectivity index (χ1) is 8.67. The summed E-state index contributed by atoms with van der Waals surface area (Å²) in [5.41, 5.74) is 7.44. The van der Waals surface area contributed by atoms with Crippen LogP contribution in [0.4, 0.5) is 0 Å². The molecule has 0 heterocycles. The van der Waals surface area contributed by atoms with E-state index in [1.165, 1.54) is 5.75 Å². The van der Waals surface area contributed by atoms with E-state index >= 15 is 0 Å². The first kappa shape index (κ1) is 14.9. The fourth-order valence-electron chi connectivity index (χ4n) is 1.59. The normalized spacial score (nSPS) is 13.6. The maximum atomic E-state index is 8.64. The number of benzene rings is 1. The average molecular weight is 267 g/mol. The van der Waals surface area contributed by atoms with E-state index in [9.17, 15) is 0 Å². The number of amidine groups is 1. The van der Waals surface area contributed by atoms with Crippen LogP contribution in [0.15, 0.2) is 29.4 Å². The highest BCUT2D eigenvalue weighted by Crippen LogP contribution is 2.06. The molecule has 0 bridgehead atoms. The molecule has 0 aliphatic heterocycles. The molecular formula is C13H21N3OS. The molecule has 4 N–H and O–H groups in total. The molecule has 0 fully saturated rings. The van der Waals surface area contributed by atoms with Gasteiger partial charge in [-0.15, -0.1) is 0 Å². The summed E-state index contributed by atoms with van der Waals surface area (Å²) in [6, 6.07) is 8.20. The van der Waals surface area contributed by atoms with E-state index < -0.39 is 0 Å². The van der Waals surface area contributed by atoms with Crippen molar-refractivity contribution in [2.75, 3.05) is 12.0 Å². The molecule has 4 nitrogen and oxygen atoms in total. The van der Waals surface area contributed by atoms with Gasteiger partial charge in [-0.2, -0.15) is 11.8 Å². The lowest BCUT2D eigenvalue weighted by Gasteiger charge is -2.13. The summed E-state index contributed by atoms with van der Waals surface area (Å²) in [4.78, 5) is 0. The summed E-state index contributed by atoms with van der Waals surface area (Å²) < 4.78 is 0. The fraction of sp³-hybridized carbons (Fsp3) is 0.462. The third-order valence-electron chi connectivity index (χ3n) is 2.74. The van der Waals surface area contributed by atoms with Gasteiger partial charge in [-0.1, -0.05) is 23.4 Å². The van der Waals surface area contributed by atoms with Crippen LogP contribution in [0.5, 0.6) is 0 Å². The van der Waals surface area contributed by atoms with Gasteiger partial charge in [0.2, 0.25) is 0 Å². The molecule has 100 valence electrons. The summed E-state index contributed by atoms with van der Waals surface area (Å²) >= 11 is 1.86. The molecule has 1 aromatic carbocycles. The minimum atomic E-state index is 0.146. The van der Waals surface area contributed by atoms with Crippen molar-refractivity contribution in [1.82, 2.24) is 5.32 Å². The topological polar surface area (TPSA) is 70.6 Å². The minimum Gasteiger partial charge on any atom is -0.409 e. The van der Waals surface area contributed by atoms with Crippen LogP contribution < -0.4 is 11.1 Å². The first-order valence-corrected chi connectivity index (χ1v) is 7.36. The molecule has 1 unspecified atom stereocenters. The average Bonchev–Trinajstić information content (AvgIpc) is 2.42. The van der Waals surface area contributed by atoms with E-state index in [1.807, 2.05) is 36.0 Å². The molecule has 0 saturated carbocycles. The summed E-state index contributed by atoms with van der Waals surface area (Å²) in [6.07, 6.45) is 3.27. The lowest BCUT2D eigenvalue weighted by molar-refractivity contribution is 0.318. The zero-order chi connectivity index (χ0) is 13.4. The number of thioether (sulfide) groups is 1. The van der Waals surface area contributed by atoms with Gasteiger partial charge in [0.15, 0.2) is 5.84 Å². The van der Waals surface area contributed by atoms with Crippen LogP contribution in [0.3, 0.4) is 0 Å². The molecule has 1 aromatic rings. The molecule has 0 amide bonds. The van der Waals surface area contributed by atoms with Crippen molar-refractivity contribution in [3.05, 3.63) is 35.4 Å². The monoisotopic (exact) mass is 267 g/mol. The predicted molar refractivity (Wildman–Crippen MR) is 78.3 cm³/mol. The number of hydrogen-bond donors (Lipinski definition) is 3. The molecule has 1 rings (SSSR count). The molecule has 18 heavy (non-hydrogen) atoms. The van der Waals surface area contributed by atoms with Gasteiger partial charge in [-0.25, -0.2) is 0 Å². The van der Waals surface area contributed by atoms with Gasteiger partial charge in [0.1, 0.15) is 0 Å². The number of nitrogens with zero attached hydrogens (tertiary/aromatic N) is 1. The van der Waals surface area contributed by atoms with Crippen LogP contribution in [0.2, 0.25) is 0 Å². The number of hydrogen-bond acceptors (Lipinski definition) is 4. The Morgan fingerprint density at radius 1 is 1.56 bits per heavy atom. The van der Waals surface area contributed by atoms with Gasteiger partial charge >= 0.3 is 0 Å². The van der Waals surface area contributed by atoms with Crippen LogP contribution in [-0.4, -0.2) is 29.1 Å². The Morgan fingerprint density at radius 2 is 2.33 bits per heavy atom.